The Bertz CT molecular complexity index is 816. The fourth-order valence-electron chi connectivity index (χ4n) is 3.49. The molecule has 6 heteroatoms. The summed E-state index contributed by atoms with van der Waals surface area (Å²) in [6.45, 7) is 2.89. The standard InChI is InChI=1S/C23H27NO5/c1-16-4-8-18(9-5-16)22-20(3-2-14-28-22)23(27)24-13-12-17-6-10-19(11-7-17)29-15-21(25)26/h4-11,20,22H,2-3,12-15H2,1H3,(H,24,27)(H,25,26). The van der Waals surface area contributed by atoms with Gasteiger partial charge in [-0.25, -0.2) is 4.79 Å². The predicted octanol–water partition coefficient (Wildman–Crippen LogP) is 3.29. The second kappa shape index (κ2) is 10.1. The summed E-state index contributed by atoms with van der Waals surface area (Å²) in [4.78, 5) is 23.3. The molecule has 1 aliphatic rings. The minimum Gasteiger partial charge on any atom is -0.482 e. The van der Waals surface area contributed by atoms with Gasteiger partial charge in [-0.3, -0.25) is 4.79 Å². The average molecular weight is 397 g/mol. The van der Waals surface area contributed by atoms with Gasteiger partial charge in [0, 0.05) is 13.2 Å². The third kappa shape index (κ3) is 6.06. The zero-order chi connectivity index (χ0) is 20.6. The van der Waals surface area contributed by atoms with Crippen LogP contribution in [0.5, 0.6) is 5.75 Å². The van der Waals surface area contributed by atoms with Gasteiger partial charge in [0.2, 0.25) is 5.91 Å². The molecule has 1 aliphatic heterocycles. The Hall–Kier alpha value is -2.86. The van der Waals surface area contributed by atoms with Crippen molar-refractivity contribution in [3.8, 4) is 5.75 Å². The number of rotatable bonds is 8. The number of aryl methyl sites for hydroxylation is 1. The fourth-order valence-corrected chi connectivity index (χ4v) is 3.49. The minimum absolute atomic E-state index is 0.0247. The van der Waals surface area contributed by atoms with Crippen molar-refractivity contribution in [2.75, 3.05) is 19.8 Å². The Morgan fingerprint density at radius 3 is 2.55 bits per heavy atom. The smallest absolute Gasteiger partial charge is 0.341 e. The highest BCUT2D eigenvalue weighted by Crippen LogP contribution is 2.33. The summed E-state index contributed by atoms with van der Waals surface area (Å²) in [5.74, 6) is -0.650. The Kier molecular flexibility index (Phi) is 7.25. The quantitative estimate of drug-likeness (QED) is 0.714. The normalized spacial score (nSPS) is 18.8. The molecule has 3 rings (SSSR count). The van der Waals surface area contributed by atoms with E-state index in [0.29, 0.717) is 25.3 Å². The van der Waals surface area contributed by atoms with Gasteiger partial charge in [0.05, 0.1) is 12.0 Å². The molecule has 1 heterocycles. The number of carboxylic acids is 1. The maximum Gasteiger partial charge on any atom is 0.341 e. The molecule has 1 saturated heterocycles. The van der Waals surface area contributed by atoms with E-state index in [4.69, 9.17) is 14.6 Å². The van der Waals surface area contributed by atoms with E-state index in [1.165, 1.54) is 5.56 Å². The number of carbonyl (C=O) groups excluding carboxylic acids is 1. The minimum atomic E-state index is -1.01. The monoisotopic (exact) mass is 397 g/mol. The molecule has 0 aromatic heterocycles. The number of hydrogen-bond donors (Lipinski definition) is 2. The number of hydrogen-bond acceptors (Lipinski definition) is 4. The molecule has 2 aromatic rings. The molecule has 6 nitrogen and oxygen atoms in total. The Labute approximate surface area is 170 Å². The van der Waals surface area contributed by atoms with Gasteiger partial charge in [-0.05, 0) is 49.4 Å². The van der Waals surface area contributed by atoms with Crippen molar-refractivity contribution in [3.05, 3.63) is 65.2 Å². The Balaban J connectivity index is 1.51. The van der Waals surface area contributed by atoms with Crippen LogP contribution in [-0.4, -0.2) is 36.7 Å². The van der Waals surface area contributed by atoms with E-state index in [9.17, 15) is 9.59 Å². The number of carbonyl (C=O) groups is 2. The molecular weight excluding hydrogens is 370 g/mol. The van der Waals surface area contributed by atoms with E-state index in [0.717, 1.165) is 24.0 Å². The van der Waals surface area contributed by atoms with Crippen LogP contribution < -0.4 is 10.1 Å². The van der Waals surface area contributed by atoms with E-state index in [2.05, 4.69) is 5.32 Å². The van der Waals surface area contributed by atoms with Crippen LogP contribution in [0.25, 0.3) is 0 Å². The van der Waals surface area contributed by atoms with Crippen LogP contribution in [0.4, 0.5) is 0 Å². The molecule has 1 fully saturated rings. The molecule has 0 aliphatic carbocycles. The van der Waals surface area contributed by atoms with Gasteiger partial charge in [-0.1, -0.05) is 42.0 Å². The molecule has 2 atom stereocenters. The molecule has 1 amide bonds. The van der Waals surface area contributed by atoms with Crippen LogP contribution in [-0.2, 0) is 20.7 Å². The third-order valence-electron chi connectivity index (χ3n) is 5.06. The first-order valence-corrected chi connectivity index (χ1v) is 9.92. The number of benzene rings is 2. The summed E-state index contributed by atoms with van der Waals surface area (Å²) in [5.41, 5.74) is 3.28. The number of ether oxygens (including phenoxy) is 2. The SMILES string of the molecule is Cc1ccc(C2OCCCC2C(=O)NCCc2ccc(OCC(=O)O)cc2)cc1. The lowest BCUT2D eigenvalue weighted by Crippen LogP contribution is -2.38. The zero-order valence-corrected chi connectivity index (χ0v) is 16.6. The van der Waals surface area contributed by atoms with Crippen molar-refractivity contribution < 1.29 is 24.2 Å². The van der Waals surface area contributed by atoms with Crippen molar-refractivity contribution in [2.24, 2.45) is 5.92 Å². The first-order valence-electron chi connectivity index (χ1n) is 9.92. The van der Waals surface area contributed by atoms with E-state index >= 15 is 0 Å². The van der Waals surface area contributed by atoms with Gasteiger partial charge < -0.3 is 19.9 Å². The molecule has 2 N–H and O–H groups in total. The third-order valence-corrected chi connectivity index (χ3v) is 5.06. The summed E-state index contributed by atoms with van der Waals surface area (Å²) < 4.78 is 11.1. The second-order valence-corrected chi connectivity index (χ2v) is 7.32. The molecule has 29 heavy (non-hydrogen) atoms. The highest BCUT2D eigenvalue weighted by atomic mass is 16.5. The van der Waals surface area contributed by atoms with Crippen LogP contribution in [0.1, 0.15) is 35.6 Å². The molecule has 0 radical (unpaired) electrons. The highest BCUT2D eigenvalue weighted by Gasteiger charge is 2.32. The molecule has 154 valence electrons. The Morgan fingerprint density at radius 1 is 1.14 bits per heavy atom. The van der Waals surface area contributed by atoms with E-state index in [1.54, 1.807) is 12.1 Å². The number of aliphatic carboxylic acids is 1. The zero-order valence-electron chi connectivity index (χ0n) is 16.6. The van der Waals surface area contributed by atoms with Gasteiger partial charge in [0.1, 0.15) is 5.75 Å². The first-order chi connectivity index (χ1) is 14.0. The summed E-state index contributed by atoms with van der Waals surface area (Å²) in [6.07, 6.45) is 2.20. The van der Waals surface area contributed by atoms with Crippen LogP contribution in [0.3, 0.4) is 0 Å². The molecule has 0 bridgehead atoms. The predicted molar refractivity (Wildman–Crippen MR) is 109 cm³/mol. The van der Waals surface area contributed by atoms with Gasteiger partial charge in [-0.2, -0.15) is 0 Å². The lowest BCUT2D eigenvalue weighted by Gasteiger charge is -2.31. The summed E-state index contributed by atoms with van der Waals surface area (Å²) in [6, 6.07) is 15.4. The Morgan fingerprint density at radius 2 is 1.86 bits per heavy atom. The molecular formula is C23H27NO5. The van der Waals surface area contributed by atoms with E-state index in [-0.39, 0.29) is 24.5 Å². The van der Waals surface area contributed by atoms with Gasteiger partial charge >= 0.3 is 5.97 Å². The maximum atomic E-state index is 12.8. The molecule has 0 saturated carbocycles. The summed E-state index contributed by atoms with van der Waals surface area (Å²) in [7, 11) is 0. The summed E-state index contributed by atoms with van der Waals surface area (Å²) in [5, 5.41) is 11.7. The molecule has 0 spiro atoms. The highest BCUT2D eigenvalue weighted by molar-refractivity contribution is 5.79. The van der Waals surface area contributed by atoms with Gasteiger partial charge in [0.15, 0.2) is 6.61 Å². The van der Waals surface area contributed by atoms with Crippen LogP contribution >= 0.6 is 0 Å². The van der Waals surface area contributed by atoms with Gasteiger partial charge in [0.25, 0.3) is 0 Å². The van der Waals surface area contributed by atoms with Crippen molar-refractivity contribution >= 4 is 11.9 Å². The maximum absolute atomic E-state index is 12.8. The van der Waals surface area contributed by atoms with Crippen molar-refractivity contribution in [3.63, 3.8) is 0 Å². The number of nitrogens with one attached hydrogen (secondary N) is 1. The van der Waals surface area contributed by atoms with E-state index < -0.39 is 5.97 Å². The van der Waals surface area contributed by atoms with Crippen molar-refractivity contribution in [1.82, 2.24) is 5.32 Å². The summed E-state index contributed by atoms with van der Waals surface area (Å²) >= 11 is 0. The number of amides is 1. The number of carboxylic acid groups (broad SMARTS) is 1. The molecule has 2 unspecified atom stereocenters. The van der Waals surface area contributed by atoms with E-state index in [1.807, 2.05) is 43.3 Å². The van der Waals surface area contributed by atoms with Crippen molar-refractivity contribution in [2.45, 2.75) is 32.3 Å². The van der Waals surface area contributed by atoms with Crippen LogP contribution in [0, 0.1) is 12.8 Å². The lowest BCUT2D eigenvalue weighted by molar-refractivity contribution is -0.139. The second-order valence-electron chi connectivity index (χ2n) is 7.32. The lowest BCUT2D eigenvalue weighted by atomic mass is 9.88. The average Bonchev–Trinajstić information content (AvgIpc) is 2.73. The van der Waals surface area contributed by atoms with Crippen LogP contribution in [0.15, 0.2) is 48.5 Å². The fraction of sp³-hybridized carbons (Fsp3) is 0.391. The first kappa shape index (κ1) is 20.9. The molecule has 2 aromatic carbocycles. The van der Waals surface area contributed by atoms with Crippen molar-refractivity contribution in [1.29, 1.82) is 0 Å². The largest absolute Gasteiger partial charge is 0.482 e. The van der Waals surface area contributed by atoms with Crippen LogP contribution in [0.2, 0.25) is 0 Å². The van der Waals surface area contributed by atoms with Gasteiger partial charge in [-0.15, -0.1) is 0 Å². The topological polar surface area (TPSA) is 84.9 Å².